The van der Waals surface area contributed by atoms with E-state index in [2.05, 4.69) is 15.1 Å². The molecule has 0 saturated carbocycles. The van der Waals surface area contributed by atoms with Crippen LogP contribution in [-0.4, -0.2) is 51.7 Å². The largest absolute Gasteiger partial charge is 0.375 e. The van der Waals surface area contributed by atoms with Gasteiger partial charge in [-0.2, -0.15) is 0 Å². The van der Waals surface area contributed by atoms with Crippen LogP contribution in [0.25, 0.3) is 0 Å². The molecule has 2 aromatic rings. The molecule has 1 aliphatic rings. The second-order valence-corrected chi connectivity index (χ2v) is 6.05. The van der Waals surface area contributed by atoms with Crippen molar-refractivity contribution in [3.05, 3.63) is 41.3 Å². The lowest BCUT2D eigenvalue weighted by molar-refractivity contribution is -0.138. The van der Waals surface area contributed by atoms with Gasteiger partial charge in [-0.1, -0.05) is 5.16 Å². The van der Waals surface area contributed by atoms with Gasteiger partial charge in [-0.05, 0) is 32.8 Å². The lowest BCUT2D eigenvalue weighted by Gasteiger charge is -2.33. The first-order valence-electron chi connectivity index (χ1n) is 8.19. The Hall–Kier alpha value is -2.28. The Bertz CT molecular complexity index is 667. The molecule has 0 N–H and O–H groups in total. The zero-order valence-corrected chi connectivity index (χ0v) is 14.1. The monoisotopic (exact) mass is 330 g/mol. The Morgan fingerprint density at radius 3 is 3.00 bits per heavy atom. The first-order valence-corrected chi connectivity index (χ1v) is 8.19. The van der Waals surface area contributed by atoms with Gasteiger partial charge in [-0.3, -0.25) is 4.79 Å². The molecule has 0 spiro atoms. The standard InChI is InChI=1S/C17H22N4O3/c1-12-16(13(2)24-20-12)9-17(22)21-7-8-23-15(10-21)4-3-14-5-6-18-11-19-14/h5-6,11,15H,3-4,7-10H2,1-2H3. The quantitative estimate of drug-likeness (QED) is 0.826. The third-order valence-corrected chi connectivity index (χ3v) is 4.37. The smallest absolute Gasteiger partial charge is 0.227 e. The van der Waals surface area contributed by atoms with Crippen molar-refractivity contribution in [3.8, 4) is 0 Å². The Morgan fingerprint density at radius 1 is 1.42 bits per heavy atom. The number of amides is 1. The number of aryl methyl sites for hydroxylation is 3. The van der Waals surface area contributed by atoms with Crippen LogP contribution in [-0.2, 0) is 22.4 Å². The molecule has 7 heteroatoms. The van der Waals surface area contributed by atoms with Crippen LogP contribution in [0.3, 0.4) is 0 Å². The van der Waals surface area contributed by atoms with Crippen molar-refractivity contribution in [1.29, 1.82) is 0 Å². The second-order valence-electron chi connectivity index (χ2n) is 6.05. The minimum absolute atomic E-state index is 0.0438. The molecule has 1 fully saturated rings. The maximum atomic E-state index is 12.6. The van der Waals surface area contributed by atoms with Gasteiger partial charge in [0.25, 0.3) is 0 Å². The maximum absolute atomic E-state index is 12.6. The van der Waals surface area contributed by atoms with Crippen LogP contribution in [0.1, 0.15) is 29.1 Å². The minimum atomic E-state index is 0.0438. The molecule has 0 aliphatic carbocycles. The van der Waals surface area contributed by atoms with Gasteiger partial charge in [-0.25, -0.2) is 9.97 Å². The summed E-state index contributed by atoms with van der Waals surface area (Å²) in [6.45, 7) is 5.52. The predicted molar refractivity (Wildman–Crippen MR) is 86.4 cm³/mol. The first kappa shape index (κ1) is 16.6. The van der Waals surface area contributed by atoms with E-state index >= 15 is 0 Å². The molecule has 1 unspecified atom stereocenters. The summed E-state index contributed by atoms with van der Waals surface area (Å²) in [5, 5.41) is 3.91. The van der Waals surface area contributed by atoms with E-state index in [0.29, 0.717) is 26.1 Å². The molecule has 128 valence electrons. The molecule has 7 nitrogen and oxygen atoms in total. The third-order valence-electron chi connectivity index (χ3n) is 4.37. The number of ether oxygens (including phenoxy) is 1. The molecule has 24 heavy (non-hydrogen) atoms. The number of hydrogen-bond donors (Lipinski definition) is 0. The van der Waals surface area contributed by atoms with Gasteiger partial charge in [0.15, 0.2) is 0 Å². The summed E-state index contributed by atoms with van der Waals surface area (Å²) in [5.74, 6) is 0.814. The van der Waals surface area contributed by atoms with Crippen LogP contribution in [0.5, 0.6) is 0 Å². The molecule has 0 radical (unpaired) electrons. The molecule has 1 amide bonds. The highest BCUT2D eigenvalue weighted by atomic mass is 16.5. The number of rotatable bonds is 5. The van der Waals surface area contributed by atoms with Gasteiger partial charge in [0.2, 0.25) is 5.91 Å². The summed E-state index contributed by atoms with van der Waals surface area (Å²) >= 11 is 0. The molecule has 1 aliphatic heterocycles. The lowest BCUT2D eigenvalue weighted by Crippen LogP contribution is -2.46. The molecule has 3 rings (SSSR count). The van der Waals surface area contributed by atoms with Gasteiger partial charge in [0.05, 0.1) is 24.8 Å². The van der Waals surface area contributed by atoms with Crippen molar-refractivity contribution in [2.45, 2.75) is 39.2 Å². The highest BCUT2D eigenvalue weighted by Crippen LogP contribution is 2.16. The fourth-order valence-electron chi connectivity index (χ4n) is 2.91. The normalized spacial score (nSPS) is 17.9. The van der Waals surface area contributed by atoms with Crippen LogP contribution >= 0.6 is 0 Å². The minimum Gasteiger partial charge on any atom is -0.375 e. The average molecular weight is 330 g/mol. The summed E-state index contributed by atoms with van der Waals surface area (Å²) in [4.78, 5) is 22.6. The van der Waals surface area contributed by atoms with Crippen molar-refractivity contribution in [3.63, 3.8) is 0 Å². The molecule has 1 atom stereocenters. The average Bonchev–Trinajstić information content (AvgIpc) is 2.93. The molecule has 1 saturated heterocycles. The fraction of sp³-hybridized carbons (Fsp3) is 0.529. The number of nitrogens with zero attached hydrogens (tertiary/aromatic N) is 4. The van der Waals surface area contributed by atoms with Crippen molar-refractivity contribution in [1.82, 2.24) is 20.0 Å². The second kappa shape index (κ2) is 7.53. The third kappa shape index (κ3) is 3.97. The van der Waals surface area contributed by atoms with E-state index in [0.717, 1.165) is 35.6 Å². The number of carbonyl (C=O) groups excluding carboxylic acids is 1. The maximum Gasteiger partial charge on any atom is 0.227 e. The van der Waals surface area contributed by atoms with Crippen LogP contribution < -0.4 is 0 Å². The summed E-state index contributed by atoms with van der Waals surface area (Å²) in [6, 6.07) is 1.91. The van der Waals surface area contributed by atoms with E-state index in [1.54, 1.807) is 12.5 Å². The molecular weight excluding hydrogens is 308 g/mol. The van der Waals surface area contributed by atoms with E-state index in [1.165, 1.54) is 0 Å². The van der Waals surface area contributed by atoms with E-state index in [1.807, 2.05) is 24.8 Å². The van der Waals surface area contributed by atoms with Gasteiger partial charge in [-0.15, -0.1) is 0 Å². The van der Waals surface area contributed by atoms with Gasteiger partial charge in [0.1, 0.15) is 12.1 Å². The first-order chi connectivity index (χ1) is 11.6. The van der Waals surface area contributed by atoms with Gasteiger partial charge < -0.3 is 14.2 Å². The Balaban J connectivity index is 1.54. The van der Waals surface area contributed by atoms with E-state index in [9.17, 15) is 4.79 Å². The van der Waals surface area contributed by atoms with Gasteiger partial charge >= 0.3 is 0 Å². The van der Waals surface area contributed by atoms with Crippen molar-refractivity contribution < 1.29 is 14.1 Å². The lowest BCUT2D eigenvalue weighted by atomic mass is 10.1. The number of carbonyl (C=O) groups is 1. The summed E-state index contributed by atoms with van der Waals surface area (Å²) in [7, 11) is 0. The van der Waals surface area contributed by atoms with E-state index in [-0.39, 0.29) is 12.0 Å². The Kier molecular flexibility index (Phi) is 5.20. The Morgan fingerprint density at radius 2 is 2.29 bits per heavy atom. The SMILES string of the molecule is Cc1noc(C)c1CC(=O)N1CCOC(CCc2ccncn2)C1. The zero-order valence-electron chi connectivity index (χ0n) is 14.1. The van der Waals surface area contributed by atoms with Crippen LogP contribution in [0, 0.1) is 13.8 Å². The van der Waals surface area contributed by atoms with Crippen molar-refractivity contribution in [2.75, 3.05) is 19.7 Å². The van der Waals surface area contributed by atoms with Crippen LogP contribution in [0.4, 0.5) is 0 Å². The molecule has 0 bridgehead atoms. The zero-order chi connectivity index (χ0) is 16.9. The number of morpholine rings is 1. The summed E-state index contributed by atoms with van der Waals surface area (Å²) in [6.07, 6.45) is 5.33. The van der Waals surface area contributed by atoms with E-state index in [4.69, 9.17) is 9.26 Å². The summed E-state index contributed by atoms with van der Waals surface area (Å²) < 4.78 is 10.9. The highest BCUT2D eigenvalue weighted by molar-refractivity contribution is 5.79. The van der Waals surface area contributed by atoms with Crippen LogP contribution in [0.2, 0.25) is 0 Å². The Labute approximate surface area is 141 Å². The van der Waals surface area contributed by atoms with E-state index < -0.39 is 0 Å². The van der Waals surface area contributed by atoms with Crippen molar-refractivity contribution >= 4 is 5.91 Å². The molecular formula is C17H22N4O3. The highest BCUT2D eigenvalue weighted by Gasteiger charge is 2.25. The van der Waals surface area contributed by atoms with Crippen LogP contribution in [0.15, 0.2) is 23.1 Å². The topological polar surface area (TPSA) is 81.4 Å². The number of aromatic nitrogens is 3. The fourth-order valence-corrected chi connectivity index (χ4v) is 2.91. The molecule has 3 heterocycles. The van der Waals surface area contributed by atoms with Gasteiger partial charge in [0, 0.05) is 30.5 Å². The van der Waals surface area contributed by atoms with Crippen molar-refractivity contribution in [2.24, 2.45) is 0 Å². The summed E-state index contributed by atoms with van der Waals surface area (Å²) in [5.41, 5.74) is 2.67. The molecule has 2 aromatic heterocycles. The predicted octanol–water partition coefficient (Wildman–Crippen LogP) is 1.48. The number of hydrogen-bond acceptors (Lipinski definition) is 6. The molecule has 0 aromatic carbocycles.